The summed E-state index contributed by atoms with van der Waals surface area (Å²) in [4.78, 5) is 9.89. The molecule has 0 aromatic carbocycles. The van der Waals surface area contributed by atoms with E-state index in [2.05, 4.69) is 34.5 Å². The molecule has 84 valence electrons. The molecule has 5 heteroatoms. The summed E-state index contributed by atoms with van der Waals surface area (Å²) in [6.07, 6.45) is 0. The van der Waals surface area contributed by atoms with Crippen molar-refractivity contribution in [3.8, 4) is 0 Å². The average molecular weight is 226 g/mol. The molecule has 0 amide bonds. The van der Waals surface area contributed by atoms with Crippen molar-refractivity contribution in [3.05, 3.63) is 16.1 Å². The van der Waals surface area contributed by atoms with Gasteiger partial charge in [0.15, 0.2) is 5.96 Å². The van der Waals surface area contributed by atoms with E-state index >= 15 is 0 Å². The predicted octanol–water partition coefficient (Wildman–Crippen LogP) is 1.53. The molecule has 0 atom stereocenters. The molecule has 0 aliphatic carbocycles. The Morgan fingerprint density at radius 3 is 2.53 bits per heavy atom. The van der Waals surface area contributed by atoms with Crippen LogP contribution in [0.4, 0.5) is 0 Å². The highest BCUT2D eigenvalue weighted by Gasteiger charge is 2.00. The second-order valence-corrected chi connectivity index (χ2v) is 4.03. The largest absolute Gasteiger partial charge is 0.357 e. The lowest BCUT2D eigenvalue weighted by molar-refractivity contribution is 0.840. The molecule has 1 aromatic heterocycles. The van der Waals surface area contributed by atoms with Gasteiger partial charge >= 0.3 is 0 Å². The zero-order valence-electron chi connectivity index (χ0n) is 9.50. The highest BCUT2D eigenvalue weighted by Crippen LogP contribution is 2.12. The molecular formula is C10H18N4S. The highest BCUT2D eigenvalue weighted by molar-refractivity contribution is 7.09. The maximum atomic E-state index is 4.47. The van der Waals surface area contributed by atoms with Gasteiger partial charge in [-0.2, -0.15) is 0 Å². The molecule has 4 nitrogen and oxygen atoms in total. The zero-order valence-corrected chi connectivity index (χ0v) is 10.3. The van der Waals surface area contributed by atoms with E-state index in [0.29, 0.717) is 6.54 Å². The fraction of sp³-hybridized carbons (Fsp3) is 0.600. The molecule has 0 aliphatic rings. The summed E-state index contributed by atoms with van der Waals surface area (Å²) >= 11 is 1.65. The number of rotatable bonds is 4. The van der Waals surface area contributed by atoms with E-state index in [1.54, 1.807) is 11.3 Å². The lowest BCUT2D eigenvalue weighted by Gasteiger charge is -2.08. The Morgan fingerprint density at radius 1 is 1.40 bits per heavy atom. The van der Waals surface area contributed by atoms with Crippen molar-refractivity contribution in [2.75, 3.05) is 13.1 Å². The lowest BCUT2D eigenvalue weighted by Crippen LogP contribution is -2.36. The molecule has 0 saturated heterocycles. The van der Waals surface area contributed by atoms with E-state index in [1.165, 1.54) is 4.88 Å². The molecule has 1 heterocycles. The maximum absolute atomic E-state index is 4.47. The Balaban J connectivity index is 2.56. The van der Waals surface area contributed by atoms with Gasteiger partial charge in [-0.15, -0.1) is 11.3 Å². The van der Waals surface area contributed by atoms with Gasteiger partial charge in [0.2, 0.25) is 0 Å². The number of guanidine groups is 1. The first-order chi connectivity index (χ1) is 7.27. The fourth-order valence-corrected chi connectivity index (χ4v) is 1.84. The first-order valence-electron chi connectivity index (χ1n) is 5.19. The number of thiazole rings is 1. The summed E-state index contributed by atoms with van der Waals surface area (Å²) in [5.41, 5.74) is 2.94. The number of hydrogen-bond acceptors (Lipinski definition) is 3. The molecule has 15 heavy (non-hydrogen) atoms. The van der Waals surface area contributed by atoms with Gasteiger partial charge in [-0.05, 0) is 20.8 Å². The van der Waals surface area contributed by atoms with Gasteiger partial charge in [-0.25, -0.2) is 9.98 Å². The summed E-state index contributed by atoms with van der Waals surface area (Å²) in [7, 11) is 0. The minimum atomic E-state index is 0.700. The van der Waals surface area contributed by atoms with Crippen LogP contribution < -0.4 is 10.6 Å². The molecule has 0 unspecified atom stereocenters. The molecular weight excluding hydrogens is 208 g/mol. The molecule has 0 saturated carbocycles. The monoisotopic (exact) mass is 226 g/mol. The summed E-state index contributed by atoms with van der Waals surface area (Å²) < 4.78 is 0. The Labute approximate surface area is 94.8 Å². The molecule has 1 aromatic rings. The smallest absolute Gasteiger partial charge is 0.191 e. The second-order valence-electron chi connectivity index (χ2n) is 3.09. The number of aliphatic imine (C=N–C) groups is 1. The minimum Gasteiger partial charge on any atom is -0.357 e. The lowest BCUT2D eigenvalue weighted by atomic mass is 10.4. The van der Waals surface area contributed by atoms with Crippen LogP contribution in [0.3, 0.4) is 0 Å². The number of aryl methyl sites for hydroxylation is 1. The molecule has 0 aliphatic heterocycles. The van der Waals surface area contributed by atoms with E-state index in [4.69, 9.17) is 0 Å². The predicted molar refractivity (Wildman–Crippen MR) is 65.3 cm³/mol. The second kappa shape index (κ2) is 6.40. The minimum absolute atomic E-state index is 0.700. The Hall–Kier alpha value is -1.10. The van der Waals surface area contributed by atoms with Gasteiger partial charge in [0, 0.05) is 18.0 Å². The van der Waals surface area contributed by atoms with Crippen LogP contribution in [0.15, 0.2) is 10.5 Å². The molecule has 0 bridgehead atoms. The summed E-state index contributed by atoms with van der Waals surface area (Å²) in [5, 5.41) is 6.38. The van der Waals surface area contributed by atoms with Crippen LogP contribution in [0.25, 0.3) is 0 Å². The van der Waals surface area contributed by atoms with Gasteiger partial charge in [-0.1, -0.05) is 0 Å². The van der Waals surface area contributed by atoms with Gasteiger partial charge < -0.3 is 10.6 Å². The molecule has 0 spiro atoms. The van der Waals surface area contributed by atoms with Crippen molar-refractivity contribution in [1.82, 2.24) is 15.6 Å². The standard InChI is InChI=1S/C10H18N4S/c1-4-11-10(12-5-2)13-6-9-8(3)14-7-15-9/h7H,4-6H2,1-3H3,(H2,11,12,13). The zero-order chi connectivity index (χ0) is 11.1. The fourth-order valence-electron chi connectivity index (χ4n) is 1.14. The molecule has 1 rings (SSSR count). The van der Waals surface area contributed by atoms with E-state index < -0.39 is 0 Å². The summed E-state index contributed by atoms with van der Waals surface area (Å²) in [6, 6.07) is 0. The van der Waals surface area contributed by atoms with Crippen LogP contribution in [-0.4, -0.2) is 24.0 Å². The van der Waals surface area contributed by atoms with Crippen LogP contribution in [-0.2, 0) is 6.54 Å². The average Bonchev–Trinajstić information content (AvgIpc) is 2.61. The molecule has 0 fully saturated rings. The van der Waals surface area contributed by atoms with Crippen molar-refractivity contribution in [2.24, 2.45) is 4.99 Å². The van der Waals surface area contributed by atoms with Crippen molar-refractivity contribution in [3.63, 3.8) is 0 Å². The van der Waals surface area contributed by atoms with Crippen LogP contribution in [0, 0.1) is 6.92 Å². The van der Waals surface area contributed by atoms with Crippen LogP contribution >= 0.6 is 11.3 Å². The quantitative estimate of drug-likeness (QED) is 0.604. The number of aromatic nitrogens is 1. The topological polar surface area (TPSA) is 49.3 Å². The summed E-state index contributed by atoms with van der Waals surface area (Å²) in [5.74, 6) is 0.868. The van der Waals surface area contributed by atoms with Crippen LogP contribution in [0.1, 0.15) is 24.4 Å². The highest BCUT2D eigenvalue weighted by atomic mass is 32.1. The first kappa shape index (κ1) is 12.0. The van der Waals surface area contributed by atoms with Gasteiger partial charge in [-0.3, -0.25) is 0 Å². The Morgan fingerprint density at radius 2 is 2.07 bits per heavy atom. The molecule has 2 N–H and O–H groups in total. The van der Waals surface area contributed by atoms with E-state index in [-0.39, 0.29) is 0 Å². The third-order valence-corrected chi connectivity index (χ3v) is 2.83. The summed E-state index contributed by atoms with van der Waals surface area (Å²) in [6.45, 7) is 8.60. The number of hydrogen-bond donors (Lipinski definition) is 2. The van der Waals surface area contributed by atoms with Crippen LogP contribution in [0.5, 0.6) is 0 Å². The Bertz CT molecular complexity index is 311. The Kier molecular flexibility index (Phi) is 5.10. The number of nitrogens with zero attached hydrogens (tertiary/aromatic N) is 2. The van der Waals surface area contributed by atoms with Gasteiger partial charge in [0.25, 0.3) is 0 Å². The van der Waals surface area contributed by atoms with E-state index in [1.807, 2.05) is 12.4 Å². The third kappa shape index (κ3) is 3.87. The maximum Gasteiger partial charge on any atom is 0.191 e. The van der Waals surface area contributed by atoms with Crippen LogP contribution in [0.2, 0.25) is 0 Å². The molecule has 0 radical (unpaired) electrons. The third-order valence-electron chi connectivity index (χ3n) is 1.91. The van der Waals surface area contributed by atoms with E-state index in [0.717, 1.165) is 24.7 Å². The van der Waals surface area contributed by atoms with Crippen molar-refractivity contribution >= 4 is 17.3 Å². The van der Waals surface area contributed by atoms with E-state index in [9.17, 15) is 0 Å². The SMILES string of the molecule is CCNC(=NCc1scnc1C)NCC. The van der Waals surface area contributed by atoms with Gasteiger partial charge in [0.1, 0.15) is 0 Å². The first-order valence-corrected chi connectivity index (χ1v) is 6.07. The number of nitrogens with one attached hydrogen (secondary N) is 2. The normalized spacial score (nSPS) is 9.80. The van der Waals surface area contributed by atoms with Crippen molar-refractivity contribution in [2.45, 2.75) is 27.3 Å². The van der Waals surface area contributed by atoms with Crippen molar-refractivity contribution < 1.29 is 0 Å². The van der Waals surface area contributed by atoms with Crippen molar-refractivity contribution in [1.29, 1.82) is 0 Å². The van der Waals surface area contributed by atoms with Gasteiger partial charge in [0.05, 0.1) is 17.7 Å².